The van der Waals surface area contributed by atoms with Gasteiger partial charge in [-0.15, -0.1) is 6.58 Å². The molecule has 2 amide bonds. The second-order valence-corrected chi connectivity index (χ2v) is 6.83. The molecule has 7 nitrogen and oxygen atoms in total. The number of carbonyl (C=O) groups is 2. The number of anilines is 1. The molecule has 1 saturated heterocycles. The molecular weight excluding hydrogens is 318 g/mol. The van der Waals surface area contributed by atoms with E-state index in [1.54, 1.807) is 17.0 Å². The second-order valence-electron chi connectivity index (χ2n) is 5.06. The normalized spacial score (nSPS) is 14.8. The Morgan fingerprint density at radius 3 is 2.57 bits per heavy atom. The summed E-state index contributed by atoms with van der Waals surface area (Å²) in [5, 5.41) is 2.48. The summed E-state index contributed by atoms with van der Waals surface area (Å²) in [4.78, 5) is 24.8. The van der Waals surface area contributed by atoms with Gasteiger partial charge in [-0.25, -0.2) is 13.1 Å². The van der Waals surface area contributed by atoms with E-state index < -0.39 is 15.9 Å². The Labute approximate surface area is 135 Å². The van der Waals surface area contributed by atoms with Crippen LogP contribution in [0.25, 0.3) is 0 Å². The number of hydrogen-bond acceptors (Lipinski definition) is 4. The van der Waals surface area contributed by atoms with E-state index in [0.717, 1.165) is 6.42 Å². The average molecular weight is 337 g/mol. The van der Waals surface area contributed by atoms with Crippen LogP contribution in [0.4, 0.5) is 5.69 Å². The molecule has 0 spiro atoms. The monoisotopic (exact) mass is 337 g/mol. The van der Waals surface area contributed by atoms with Gasteiger partial charge in [0.15, 0.2) is 0 Å². The highest BCUT2D eigenvalue weighted by molar-refractivity contribution is 7.89. The lowest BCUT2D eigenvalue weighted by molar-refractivity contribution is -0.119. The molecule has 124 valence electrons. The van der Waals surface area contributed by atoms with E-state index in [-0.39, 0.29) is 23.9 Å². The number of carbonyl (C=O) groups excluding carboxylic acids is 2. The summed E-state index contributed by atoms with van der Waals surface area (Å²) >= 11 is 0. The highest BCUT2D eigenvalue weighted by Gasteiger charge is 2.22. The van der Waals surface area contributed by atoms with Gasteiger partial charge in [0.05, 0.1) is 11.4 Å². The minimum atomic E-state index is -3.77. The van der Waals surface area contributed by atoms with E-state index >= 15 is 0 Å². The molecule has 1 aliphatic rings. The number of nitrogens with one attached hydrogen (secondary N) is 2. The maximum absolute atomic E-state index is 12.1. The summed E-state index contributed by atoms with van der Waals surface area (Å²) < 4.78 is 26.5. The molecule has 2 N–H and O–H groups in total. The Bertz CT molecular complexity index is 698. The minimum absolute atomic E-state index is 0.0395. The number of benzene rings is 1. The lowest BCUT2D eigenvalue weighted by Gasteiger charge is -2.16. The standard InChI is InChI=1S/C15H19N3O4S/c1-2-9-16-14(19)11-17-23(21,22)13-7-5-12(6-8-13)18-10-3-4-15(18)20/h2,5-8,17H,1,3-4,9-11H2,(H,16,19). The van der Waals surface area contributed by atoms with Gasteiger partial charge in [0.25, 0.3) is 0 Å². The van der Waals surface area contributed by atoms with E-state index in [0.29, 0.717) is 18.7 Å². The summed E-state index contributed by atoms with van der Waals surface area (Å²) in [5.41, 5.74) is 0.676. The van der Waals surface area contributed by atoms with Crippen LogP contribution in [-0.4, -0.2) is 39.9 Å². The van der Waals surface area contributed by atoms with Crippen molar-refractivity contribution in [2.45, 2.75) is 17.7 Å². The molecule has 2 rings (SSSR count). The Hall–Kier alpha value is -2.19. The van der Waals surface area contributed by atoms with Gasteiger partial charge in [-0.05, 0) is 30.7 Å². The highest BCUT2D eigenvalue weighted by Crippen LogP contribution is 2.22. The maximum atomic E-state index is 12.1. The predicted octanol–water partition coefficient (Wildman–Crippen LogP) is 0.394. The molecule has 0 radical (unpaired) electrons. The van der Waals surface area contributed by atoms with Gasteiger partial charge in [0.2, 0.25) is 21.8 Å². The molecule has 1 aliphatic heterocycles. The number of amides is 2. The molecule has 23 heavy (non-hydrogen) atoms. The molecule has 0 unspecified atom stereocenters. The van der Waals surface area contributed by atoms with Crippen molar-refractivity contribution >= 4 is 27.5 Å². The van der Waals surface area contributed by atoms with Gasteiger partial charge in [0, 0.05) is 25.2 Å². The van der Waals surface area contributed by atoms with E-state index in [4.69, 9.17) is 0 Å². The number of sulfonamides is 1. The Morgan fingerprint density at radius 1 is 1.30 bits per heavy atom. The van der Waals surface area contributed by atoms with Crippen LogP contribution < -0.4 is 14.9 Å². The molecule has 0 aromatic heterocycles. The van der Waals surface area contributed by atoms with Gasteiger partial charge in [-0.3, -0.25) is 9.59 Å². The summed E-state index contributed by atoms with van der Waals surface area (Å²) in [6, 6.07) is 6.03. The van der Waals surface area contributed by atoms with E-state index in [2.05, 4.69) is 16.6 Å². The average Bonchev–Trinajstić information content (AvgIpc) is 2.97. The Balaban J connectivity index is 2.01. The lowest BCUT2D eigenvalue weighted by Crippen LogP contribution is -2.36. The SMILES string of the molecule is C=CCNC(=O)CNS(=O)(=O)c1ccc(N2CCCC2=O)cc1. The molecule has 0 atom stereocenters. The molecular formula is C15H19N3O4S. The third-order valence-electron chi connectivity index (χ3n) is 3.40. The number of hydrogen-bond donors (Lipinski definition) is 2. The first-order valence-electron chi connectivity index (χ1n) is 7.22. The first-order valence-corrected chi connectivity index (χ1v) is 8.70. The van der Waals surface area contributed by atoms with Gasteiger partial charge in [0.1, 0.15) is 0 Å². The van der Waals surface area contributed by atoms with Crippen LogP contribution in [0.5, 0.6) is 0 Å². The smallest absolute Gasteiger partial charge is 0.241 e. The molecule has 1 aromatic rings. The molecule has 1 fully saturated rings. The Kier molecular flexibility index (Phi) is 5.51. The van der Waals surface area contributed by atoms with Gasteiger partial charge < -0.3 is 10.2 Å². The largest absolute Gasteiger partial charge is 0.352 e. The zero-order valence-electron chi connectivity index (χ0n) is 12.6. The van der Waals surface area contributed by atoms with Crippen molar-refractivity contribution in [1.82, 2.24) is 10.0 Å². The zero-order chi connectivity index (χ0) is 16.9. The van der Waals surface area contributed by atoms with Crippen molar-refractivity contribution in [3.05, 3.63) is 36.9 Å². The van der Waals surface area contributed by atoms with Crippen LogP contribution in [0.15, 0.2) is 41.8 Å². The fourth-order valence-electron chi connectivity index (χ4n) is 2.22. The van der Waals surface area contributed by atoms with E-state index in [9.17, 15) is 18.0 Å². The molecule has 8 heteroatoms. The zero-order valence-corrected chi connectivity index (χ0v) is 13.4. The van der Waals surface area contributed by atoms with Crippen LogP contribution in [0.2, 0.25) is 0 Å². The topological polar surface area (TPSA) is 95.6 Å². The van der Waals surface area contributed by atoms with Crippen molar-refractivity contribution < 1.29 is 18.0 Å². The summed E-state index contributed by atoms with van der Waals surface area (Å²) in [7, 11) is -3.77. The molecule has 1 heterocycles. The van der Waals surface area contributed by atoms with Crippen molar-refractivity contribution in [1.29, 1.82) is 0 Å². The second kappa shape index (κ2) is 7.38. The van der Waals surface area contributed by atoms with Gasteiger partial charge >= 0.3 is 0 Å². The molecule has 0 bridgehead atoms. The lowest BCUT2D eigenvalue weighted by atomic mass is 10.3. The van der Waals surface area contributed by atoms with Gasteiger partial charge in [-0.1, -0.05) is 6.08 Å². The first kappa shape index (κ1) is 17.2. The fraction of sp³-hybridized carbons (Fsp3) is 0.333. The summed E-state index contributed by atoms with van der Waals surface area (Å²) in [6.45, 7) is 4.03. The summed E-state index contributed by atoms with van der Waals surface area (Å²) in [6.07, 6.45) is 2.83. The molecule has 1 aromatic carbocycles. The third kappa shape index (κ3) is 4.40. The van der Waals surface area contributed by atoms with Crippen molar-refractivity contribution in [2.75, 3.05) is 24.5 Å². The van der Waals surface area contributed by atoms with Crippen LogP contribution in [0.1, 0.15) is 12.8 Å². The number of rotatable bonds is 7. The van der Waals surface area contributed by atoms with Crippen LogP contribution in [0.3, 0.4) is 0 Å². The Morgan fingerprint density at radius 2 is 2.00 bits per heavy atom. The number of nitrogens with zero attached hydrogens (tertiary/aromatic N) is 1. The molecule has 0 aliphatic carbocycles. The molecule has 0 saturated carbocycles. The van der Waals surface area contributed by atoms with Crippen LogP contribution in [-0.2, 0) is 19.6 Å². The third-order valence-corrected chi connectivity index (χ3v) is 4.82. The minimum Gasteiger partial charge on any atom is -0.352 e. The van der Waals surface area contributed by atoms with Crippen molar-refractivity contribution in [3.63, 3.8) is 0 Å². The summed E-state index contributed by atoms with van der Waals surface area (Å²) in [5.74, 6) is -0.398. The highest BCUT2D eigenvalue weighted by atomic mass is 32.2. The van der Waals surface area contributed by atoms with Crippen molar-refractivity contribution in [3.8, 4) is 0 Å². The van der Waals surface area contributed by atoms with Crippen LogP contribution in [0, 0.1) is 0 Å². The quantitative estimate of drug-likeness (QED) is 0.704. The van der Waals surface area contributed by atoms with Gasteiger partial charge in [-0.2, -0.15) is 0 Å². The fourth-order valence-corrected chi connectivity index (χ4v) is 3.20. The van der Waals surface area contributed by atoms with E-state index in [1.165, 1.54) is 18.2 Å². The van der Waals surface area contributed by atoms with Crippen molar-refractivity contribution in [2.24, 2.45) is 0 Å². The maximum Gasteiger partial charge on any atom is 0.241 e. The van der Waals surface area contributed by atoms with E-state index in [1.807, 2.05) is 0 Å². The first-order chi connectivity index (χ1) is 10.9. The predicted molar refractivity (Wildman–Crippen MR) is 86.4 cm³/mol. The van der Waals surface area contributed by atoms with Crippen LogP contribution >= 0.6 is 0 Å².